The van der Waals surface area contributed by atoms with Gasteiger partial charge in [0.25, 0.3) is 0 Å². The summed E-state index contributed by atoms with van der Waals surface area (Å²) in [6.07, 6.45) is 10.5. The van der Waals surface area contributed by atoms with Gasteiger partial charge in [0.05, 0.1) is 31.8 Å². The van der Waals surface area contributed by atoms with Crippen LogP contribution in [0.3, 0.4) is 0 Å². The van der Waals surface area contributed by atoms with Crippen LogP contribution in [0.2, 0.25) is 0 Å². The van der Waals surface area contributed by atoms with E-state index in [2.05, 4.69) is 6.92 Å². The third kappa shape index (κ3) is 15.2. The maximum Gasteiger partial charge on any atom is 0.334 e. The van der Waals surface area contributed by atoms with E-state index in [1.54, 1.807) is 0 Å². The van der Waals surface area contributed by atoms with E-state index >= 15 is 0 Å². The summed E-state index contributed by atoms with van der Waals surface area (Å²) in [5, 5.41) is 0. The lowest BCUT2D eigenvalue weighted by molar-refractivity contribution is -0.146. The first kappa shape index (κ1) is 26.1. The average Bonchev–Trinajstić information content (AvgIpc) is 2.67. The molecule has 0 aromatic rings. The maximum absolute atomic E-state index is 12.3. The molecule has 0 radical (unpaired) electrons. The summed E-state index contributed by atoms with van der Waals surface area (Å²) in [5.74, 6) is -1.84. The van der Waals surface area contributed by atoms with E-state index in [0.29, 0.717) is 6.61 Å². The van der Waals surface area contributed by atoms with Gasteiger partial charge in [-0.25, -0.2) is 9.59 Å². The summed E-state index contributed by atoms with van der Waals surface area (Å²) in [4.78, 5) is 36.1. The Balaban J connectivity index is 4.57. The Labute approximate surface area is 170 Å². The van der Waals surface area contributed by atoms with Crippen LogP contribution in [0.4, 0.5) is 0 Å². The highest BCUT2D eigenvalue weighted by Crippen LogP contribution is 2.10. The molecule has 0 bridgehead atoms. The van der Waals surface area contributed by atoms with Crippen LogP contribution < -0.4 is 0 Å². The van der Waals surface area contributed by atoms with Gasteiger partial charge >= 0.3 is 17.9 Å². The Morgan fingerprint density at radius 1 is 0.643 bits per heavy atom. The second-order valence-corrected chi connectivity index (χ2v) is 6.85. The van der Waals surface area contributed by atoms with Gasteiger partial charge in [-0.1, -0.05) is 65.7 Å². The van der Waals surface area contributed by atoms with E-state index < -0.39 is 17.9 Å². The summed E-state index contributed by atoms with van der Waals surface area (Å²) in [5.41, 5.74) is -0.0195. The van der Waals surface area contributed by atoms with Gasteiger partial charge in [0.1, 0.15) is 0 Å². The van der Waals surface area contributed by atoms with Crippen molar-refractivity contribution in [1.29, 1.82) is 0 Å². The fourth-order valence-electron chi connectivity index (χ4n) is 2.36. The van der Waals surface area contributed by atoms with Crippen molar-refractivity contribution in [2.75, 3.05) is 19.8 Å². The number of carbonyl (C=O) groups excluding carboxylic acids is 3. The minimum atomic E-state index is -0.659. The summed E-state index contributed by atoms with van der Waals surface area (Å²) in [7, 11) is 0. The summed E-state index contributed by atoms with van der Waals surface area (Å²) >= 11 is 0. The highest BCUT2D eigenvalue weighted by molar-refractivity contribution is 5.99. The Hall–Kier alpha value is -1.85. The zero-order valence-corrected chi connectivity index (χ0v) is 17.9. The first-order valence-corrected chi connectivity index (χ1v) is 10.7. The highest BCUT2D eigenvalue weighted by Gasteiger charge is 2.18. The van der Waals surface area contributed by atoms with Crippen LogP contribution >= 0.6 is 0 Å². The predicted octanol–water partition coefficient (Wildman–Crippen LogP) is 4.89. The molecule has 162 valence electrons. The molecule has 0 aliphatic carbocycles. The number of ether oxygens (including phenoxy) is 3. The van der Waals surface area contributed by atoms with Gasteiger partial charge in [0.15, 0.2) is 0 Å². The molecule has 0 aliphatic rings. The highest BCUT2D eigenvalue weighted by atomic mass is 16.5. The van der Waals surface area contributed by atoms with Crippen molar-refractivity contribution >= 4 is 17.9 Å². The van der Waals surface area contributed by atoms with Crippen LogP contribution in [0.1, 0.15) is 91.4 Å². The molecule has 0 amide bonds. The lowest BCUT2D eigenvalue weighted by Gasteiger charge is -2.09. The Morgan fingerprint density at radius 2 is 1.18 bits per heavy atom. The minimum absolute atomic E-state index is 0.0195. The molecule has 0 aromatic heterocycles. The smallest absolute Gasteiger partial charge is 0.334 e. The molecular weight excluding hydrogens is 360 g/mol. The second-order valence-electron chi connectivity index (χ2n) is 6.85. The lowest BCUT2D eigenvalue weighted by atomic mass is 10.1. The van der Waals surface area contributed by atoms with Gasteiger partial charge in [-0.2, -0.15) is 0 Å². The van der Waals surface area contributed by atoms with Crippen LogP contribution in [0.15, 0.2) is 11.6 Å². The van der Waals surface area contributed by atoms with E-state index in [0.717, 1.165) is 51.0 Å². The van der Waals surface area contributed by atoms with Gasteiger partial charge in [0, 0.05) is 6.08 Å². The van der Waals surface area contributed by atoms with E-state index in [9.17, 15) is 14.4 Å². The number of unbranched alkanes of at least 4 members (excludes halogenated alkanes) is 7. The van der Waals surface area contributed by atoms with Crippen LogP contribution in [-0.2, 0) is 28.6 Å². The number of hydrogen-bond donors (Lipinski definition) is 0. The maximum atomic E-state index is 12.3. The molecule has 0 unspecified atom stereocenters. The second kappa shape index (κ2) is 18.5. The van der Waals surface area contributed by atoms with Gasteiger partial charge < -0.3 is 14.2 Å². The fraction of sp³-hybridized carbons (Fsp3) is 0.773. The zero-order valence-electron chi connectivity index (χ0n) is 17.9. The quantitative estimate of drug-likeness (QED) is 0.150. The van der Waals surface area contributed by atoms with Crippen molar-refractivity contribution in [3.05, 3.63) is 11.6 Å². The van der Waals surface area contributed by atoms with Gasteiger partial charge in [-0.3, -0.25) is 4.79 Å². The van der Waals surface area contributed by atoms with E-state index in [1.165, 1.54) is 19.3 Å². The first-order chi connectivity index (χ1) is 13.5. The van der Waals surface area contributed by atoms with Crippen molar-refractivity contribution in [3.8, 4) is 0 Å². The molecule has 0 saturated carbocycles. The first-order valence-electron chi connectivity index (χ1n) is 10.7. The van der Waals surface area contributed by atoms with Crippen LogP contribution in [0.5, 0.6) is 0 Å². The number of esters is 3. The van der Waals surface area contributed by atoms with Crippen molar-refractivity contribution in [3.63, 3.8) is 0 Å². The molecule has 0 saturated heterocycles. The molecule has 0 aromatic carbocycles. The summed E-state index contributed by atoms with van der Waals surface area (Å²) < 4.78 is 15.4. The predicted molar refractivity (Wildman–Crippen MR) is 109 cm³/mol. The number of rotatable bonds is 17. The molecule has 0 fully saturated rings. The van der Waals surface area contributed by atoms with E-state index in [-0.39, 0.29) is 25.2 Å². The minimum Gasteiger partial charge on any atom is -0.465 e. The average molecular weight is 399 g/mol. The normalized spacial score (nSPS) is 11.2. The van der Waals surface area contributed by atoms with E-state index in [4.69, 9.17) is 14.2 Å². The topological polar surface area (TPSA) is 78.9 Å². The van der Waals surface area contributed by atoms with Gasteiger partial charge in [0.2, 0.25) is 0 Å². The number of carbonyl (C=O) groups is 3. The number of hydrogen-bond acceptors (Lipinski definition) is 6. The van der Waals surface area contributed by atoms with Crippen molar-refractivity contribution < 1.29 is 28.6 Å². The summed E-state index contributed by atoms with van der Waals surface area (Å²) in [6.45, 7) is 7.00. The molecule has 6 heteroatoms. The standard InChI is InChI=1S/C22H38O6/c1-4-7-10-11-12-13-16-28-22(25)19(17-20(23)26-14-8-5-2)18-21(24)27-15-9-6-3/h17H,4-16,18H2,1-3H3. The zero-order chi connectivity index (χ0) is 21.0. The SMILES string of the molecule is CCCCCCCCOC(=O)C(=CC(=O)OCCCC)CC(=O)OCCCC. The summed E-state index contributed by atoms with van der Waals surface area (Å²) in [6, 6.07) is 0. The molecule has 0 rings (SSSR count). The molecular formula is C22H38O6. The van der Waals surface area contributed by atoms with E-state index in [1.807, 2.05) is 13.8 Å². The Kier molecular flexibility index (Phi) is 17.3. The molecule has 0 atom stereocenters. The molecule has 28 heavy (non-hydrogen) atoms. The van der Waals surface area contributed by atoms with Crippen molar-refractivity contribution in [2.24, 2.45) is 0 Å². The van der Waals surface area contributed by atoms with Crippen LogP contribution in [0.25, 0.3) is 0 Å². The Morgan fingerprint density at radius 3 is 1.82 bits per heavy atom. The molecule has 6 nitrogen and oxygen atoms in total. The van der Waals surface area contributed by atoms with Crippen molar-refractivity contribution in [2.45, 2.75) is 91.4 Å². The molecule has 0 spiro atoms. The molecule has 0 heterocycles. The van der Waals surface area contributed by atoms with Crippen LogP contribution in [-0.4, -0.2) is 37.7 Å². The van der Waals surface area contributed by atoms with Crippen LogP contribution in [0, 0.1) is 0 Å². The third-order valence-electron chi connectivity index (χ3n) is 4.12. The van der Waals surface area contributed by atoms with Crippen molar-refractivity contribution in [1.82, 2.24) is 0 Å². The Bertz CT molecular complexity index is 470. The van der Waals surface area contributed by atoms with Gasteiger partial charge in [-0.05, 0) is 19.3 Å². The molecule has 0 aliphatic heterocycles. The molecule has 0 N–H and O–H groups in total. The third-order valence-corrected chi connectivity index (χ3v) is 4.12. The monoisotopic (exact) mass is 398 g/mol. The van der Waals surface area contributed by atoms with Gasteiger partial charge in [-0.15, -0.1) is 0 Å². The largest absolute Gasteiger partial charge is 0.465 e. The fourth-order valence-corrected chi connectivity index (χ4v) is 2.36. The lowest BCUT2D eigenvalue weighted by Crippen LogP contribution is -2.17.